The SMILES string of the molecule is Cc1ccc(C=C(C#N)c2nc(-c3ccc(-c4ccccc4)cc3)cs2)cc1. The highest BCUT2D eigenvalue weighted by Crippen LogP contribution is 2.29. The number of nitrogens with zero attached hydrogens (tertiary/aromatic N) is 2. The number of thiazole rings is 1. The lowest BCUT2D eigenvalue weighted by Gasteiger charge is -2.02. The second-order valence-electron chi connectivity index (χ2n) is 6.56. The Morgan fingerprint density at radius 3 is 2.18 bits per heavy atom. The van der Waals surface area contributed by atoms with Crippen molar-refractivity contribution in [3.05, 3.63) is 100 Å². The molecule has 3 aromatic carbocycles. The molecule has 0 spiro atoms. The average molecular weight is 379 g/mol. The molecule has 0 radical (unpaired) electrons. The maximum atomic E-state index is 9.59. The number of benzene rings is 3. The highest BCUT2D eigenvalue weighted by Gasteiger charge is 2.09. The van der Waals surface area contributed by atoms with E-state index in [4.69, 9.17) is 4.98 Å². The summed E-state index contributed by atoms with van der Waals surface area (Å²) in [6.07, 6.45) is 1.89. The van der Waals surface area contributed by atoms with Gasteiger partial charge in [-0.3, -0.25) is 0 Å². The highest BCUT2D eigenvalue weighted by atomic mass is 32.1. The van der Waals surface area contributed by atoms with Crippen molar-refractivity contribution in [1.82, 2.24) is 4.98 Å². The van der Waals surface area contributed by atoms with Crippen LogP contribution in [0.2, 0.25) is 0 Å². The van der Waals surface area contributed by atoms with Gasteiger partial charge in [-0.05, 0) is 29.7 Å². The van der Waals surface area contributed by atoms with Gasteiger partial charge in [-0.2, -0.15) is 5.26 Å². The molecule has 0 saturated heterocycles. The van der Waals surface area contributed by atoms with Crippen LogP contribution in [0.5, 0.6) is 0 Å². The molecule has 1 heterocycles. The van der Waals surface area contributed by atoms with E-state index in [1.54, 1.807) is 0 Å². The Morgan fingerprint density at radius 2 is 1.50 bits per heavy atom. The first-order valence-electron chi connectivity index (χ1n) is 9.03. The Kier molecular flexibility index (Phi) is 5.14. The summed E-state index contributed by atoms with van der Waals surface area (Å²) < 4.78 is 0. The van der Waals surface area contributed by atoms with Gasteiger partial charge in [0.2, 0.25) is 0 Å². The highest BCUT2D eigenvalue weighted by molar-refractivity contribution is 7.11. The summed E-state index contributed by atoms with van der Waals surface area (Å²) in [6.45, 7) is 2.05. The molecule has 0 aliphatic carbocycles. The summed E-state index contributed by atoms with van der Waals surface area (Å²) in [5, 5.41) is 12.3. The fraction of sp³-hybridized carbons (Fsp3) is 0.0400. The average Bonchev–Trinajstić information content (AvgIpc) is 3.24. The molecule has 0 amide bonds. The molecule has 1 aromatic heterocycles. The third-order valence-electron chi connectivity index (χ3n) is 4.53. The van der Waals surface area contributed by atoms with E-state index in [0.717, 1.165) is 21.8 Å². The Balaban J connectivity index is 1.60. The molecule has 2 nitrogen and oxygen atoms in total. The number of allylic oxidation sites excluding steroid dienone is 1. The lowest BCUT2D eigenvalue weighted by Crippen LogP contribution is -1.84. The monoisotopic (exact) mass is 378 g/mol. The molecule has 134 valence electrons. The zero-order chi connectivity index (χ0) is 19.3. The molecule has 4 aromatic rings. The molecule has 0 aliphatic heterocycles. The van der Waals surface area contributed by atoms with E-state index in [2.05, 4.69) is 49.4 Å². The largest absolute Gasteiger partial charge is 0.235 e. The van der Waals surface area contributed by atoms with Crippen molar-refractivity contribution in [2.75, 3.05) is 0 Å². The van der Waals surface area contributed by atoms with Crippen LogP contribution in [0.3, 0.4) is 0 Å². The van der Waals surface area contributed by atoms with Crippen LogP contribution < -0.4 is 0 Å². The smallest absolute Gasteiger partial charge is 0.134 e. The molecule has 3 heteroatoms. The molecule has 0 bridgehead atoms. The van der Waals surface area contributed by atoms with Crippen molar-refractivity contribution < 1.29 is 0 Å². The van der Waals surface area contributed by atoms with Crippen LogP contribution in [0.4, 0.5) is 0 Å². The van der Waals surface area contributed by atoms with Gasteiger partial charge in [-0.15, -0.1) is 11.3 Å². The van der Waals surface area contributed by atoms with E-state index >= 15 is 0 Å². The predicted octanol–water partition coefficient (Wildman–Crippen LogP) is 6.85. The van der Waals surface area contributed by atoms with Crippen LogP contribution in [0.1, 0.15) is 16.1 Å². The molecular weight excluding hydrogens is 360 g/mol. The van der Waals surface area contributed by atoms with Gasteiger partial charge in [0.1, 0.15) is 11.1 Å². The van der Waals surface area contributed by atoms with Crippen LogP contribution in [0, 0.1) is 18.3 Å². The lowest BCUT2D eigenvalue weighted by atomic mass is 10.0. The minimum absolute atomic E-state index is 0.584. The minimum atomic E-state index is 0.584. The quantitative estimate of drug-likeness (QED) is 0.364. The first kappa shape index (κ1) is 17.9. The summed E-state index contributed by atoms with van der Waals surface area (Å²) in [7, 11) is 0. The number of nitriles is 1. The van der Waals surface area contributed by atoms with Crippen LogP contribution in [-0.4, -0.2) is 4.98 Å². The Morgan fingerprint density at radius 1 is 0.857 bits per heavy atom. The predicted molar refractivity (Wildman–Crippen MR) is 118 cm³/mol. The Hall–Kier alpha value is -3.48. The van der Waals surface area contributed by atoms with Crippen LogP contribution in [0.15, 0.2) is 84.2 Å². The fourth-order valence-corrected chi connectivity index (χ4v) is 3.76. The second-order valence-corrected chi connectivity index (χ2v) is 7.42. The van der Waals surface area contributed by atoms with Crippen molar-refractivity contribution in [3.63, 3.8) is 0 Å². The fourth-order valence-electron chi connectivity index (χ4n) is 2.97. The van der Waals surface area contributed by atoms with Gasteiger partial charge in [0.25, 0.3) is 0 Å². The van der Waals surface area contributed by atoms with E-state index in [1.165, 1.54) is 28.0 Å². The molecule has 0 atom stereocenters. The van der Waals surface area contributed by atoms with Gasteiger partial charge in [0.05, 0.1) is 11.3 Å². The van der Waals surface area contributed by atoms with E-state index in [9.17, 15) is 5.26 Å². The molecule has 0 aliphatic rings. The molecule has 0 unspecified atom stereocenters. The van der Waals surface area contributed by atoms with Gasteiger partial charge >= 0.3 is 0 Å². The van der Waals surface area contributed by atoms with Crippen molar-refractivity contribution in [3.8, 4) is 28.5 Å². The third kappa shape index (κ3) is 3.93. The van der Waals surface area contributed by atoms with Gasteiger partial charge in [-0.1, -0.05) is 84.4 Å². The molecule has 28 heavy (non-hydrogen) atoms. The van der Waals surface area contributed by atoms with Crippen molar-refractivity contribution in [2.45, 2.75) is 6.92 Å². The zero-order valence-electron chi connectivity index (χ0n) is 15.5. The molecule has 0 saturated carbocycles. The maximum Gasteiger partial charge on any atom is 0.134 e. The number of aromatic nitrogens is 1. The summed E-state index contributed by atoms with van der Waals surface area (Å²) in [5.74, 6) is 0. The number of hydrogen-bond acceptors (Lipinski definition) is 3. The normalized spacial score (nSPS) is 11.2. The van der Waals surface area contributed by atoms with Gasteiger partial charge in [0.15, 0.2) is 0 Å². The molecule has 0 N–H and O–H groups in total. The van der Waals surface area contributed by atoms with Crippen LogP contribution >= 0.6 is 11.3 Å². The van der Waals surface area contributed by atoms with Gasteiger partial charge in [0, 0.05) is 10.9 Å². The second kappa shape index (κ2) is 8.04. The first-order valence-corrected chi connectivity index (χ1v) is 9.91. The lowest BCUT2D eigenvalue weighted by molar-refractivity contribution is 1.37. The minimum Gasteiger partial charge on any atom is -0.235 e. The molecular formula is C25H18N2S. The van der Waals surface area contributed by atoms with E-state index in [-0.39, 0.29) is 0 Å². The Labute approximate surface area is 169 Å². The van der Waals surface area contributed by atoms with Crippen LogP contribution in [0.25, 0.3) is 34.0 Å². The van der Waals surface area contributed by atoms with Crippen molar-refractivity contribution >= 4 is 23.0 Å². The van der Waals surface area contributed by atoms with Crippen LogP contribution in [-0.2, 0) is 0 Å². The standard InChI is InChI=1S/C25H18N2S/c1-18-7-9-19(10-8-18)15-23(16-26)25-27-24(17-28-25)22-13-11-21(12-14-22)20-5-3-2-4-6-20/h2-15,17H,1H3. The van der Waals surface area contributed by atoms with Gasteiger partial charge in [-0.25, -0.2) is 4.98 Å². The van der Waals surface area contributed by atoms with Crippen molar-refractivity contribution in [2.24, 2.45) is 0 Å². The van der Waals surface area contributed by atoms with Gasteiger partial charge < -0.3 is 0 Å². The van der Waals surface area contributed by atoms with Crippen molar-refractivity contribution in [1.29, 1.82) is 5.26 Å². The van der Waals surface area contributed by atoms with E-state index in [0.29, 0.717) is 5.57 Å². The van der Waals surface area contributed by atoms with E-state index in [1.807, 2.05) is 53.9 Å². The third-order valence-corrected chi connectivity index (χ3v) is 5.41. The summed E-state index contributed by atoms with van der Waals surface area (Å²) in [5.41, 5.74) is 7.11. The molecule has 4 rings (SSSR count). The summed E-state index contributed by atoms with van der Waals surface area (Å²) in [4.78, 5) is 4.70. The maximum absolute atomic E-state index is 9.59. The topological polar surface area (TPSA) is 36.7 Å². The summed E-state index contributed by atoms with van der Waals surface area (Å²) in [6, 6.07) is 29.1. The molecule has 0 fully saturated rings. The number of hydrogen-bond donors (Lipinski definition) is 0. The van der Waals surface area contributed by atoms with E-state index < -0.39 is 0 Å². The first-order chi connectivity index (χ1) is 13.7. The zero-order valence-corrected chi connectivity index (χ0v) is 16.3. The Bertz CT molecular complexity index is 1150. The number of rotatable bonds is 4. The number of aryl methyl sites for hydroxylation is 1. The summed E-state index contributed by atoms with van der Waals surface area (Å²) >= 11 is 1.50.